The van der Waals surface area contributed by atoms with Gasteiger partial charge in [-0.15, -0.1) is 11.8 Å². The number of halogens is 4. The van der Waals surface area contributed by atoms with Crippen molar-refractivity contribution in [1.29, 1.82) is 0 Å². The monoisotopic (exact) mass is 410 g/mol. The van der Waals surface area contributed by atoms with Gasteiger partial charge in [-0.2, -0.15) is 8.78 Å². The fourth-order valence-corrected chi connectivity index (χ4v) is 2.18. The van der Waals surface area contributed by atoms with E-state index in [1.807, 2.05) is 6.92 Å². The molecule has 0 bridgehead atoms. The lowest BCUT2D eigenvalue weighted by Gasteiger charge is -2.14. The van der Waals surface area contributed by atoms with E-state index in [-0.39, 0.29) is 19.3 Å². The van der Waals surface area contributed by atoms with E-state index < -0.39 is 30.9 Å². The Kier molecular flexibility index (Phi) is 15.2. The molecule has 0 saturated carbocycles. The van der Waals surface area contributed by atoms with Gasteiger partial charge in [-0.1, -0.05) is 32.6 Å². The molecule has 28 heavy (non-hydrogen) atoms. The quantitative estimate of drug-likeness (QED) is 0.159. The molecule has 0 saturated heterocycles. The first-order chi connectivity index (χ1) is 13.3. The lowest BCUT2D eigenvalue weighted by atomic mass is 10.1. The largest absolute Gasteiger partial charge is 0.466 e. The third-order valence-electron chi connectivity index (χ3n) is 3.77. The van der Waals surface area contributed by atoms with E-state index in [4.69, 9.17) is 4.74 Å². The zero-order valence-corrected chi connectivity index (χ0v) is 16.4. The summed E-state index contributed by atoms with van der Waals surface area (Å²) in [5, 5.41) is 0. The molecule has 4 nitrogen and oxygen atoms in total. The molecule has 0 unspecified atom stereocenters. The summed E-state index contributed by atoms with van der Waals surface area (Å²) >= 11 is 0. The molecule has 0 aromatic carbocycles. The van der Waals surface area contributed by atoms with Crippen LogP contribution in [0.25, 0.3) is 0 Å². The molecule has 8 heteroatoms. The lowest BCUT2D eigenvalue weighted by molar-refractivity contribution is -0.179. The number of alkyl halides is 4. The van der Waals surface area contributed by atoms with Crippen molar-refractivity contribution in [2.24, 2.45) is 0 Å². The van der Waals surface area contributed by atoms with Crippen LogP contribution < -0.4 is 0 Å². The number of hydrogen-bond acceptors (Lipinski definition) is 4. The van der Waals surface area contributed by atoms with Crippen LogP contribution >= 0.6 is 0 Å². The van der Waals surface area contributed by atoms with E-state index >= 15 is 0 Å². The molecule has 162 valence electrons. The van der Waals surface area contributed by atoms with Crippen molar-refractivity contribution < 1.29 is 36.6 Å². The van der Waals surface area contributed by atoms with Gasteiger partial charge in [0.05, 0.1) is 6.61 Å². The summed E-state index contributed by atoms with van der Waals surface area (Å²) < 4.78 is 58.1. The molecule has 0 aliphatic rings. The fourth-order valence-electron chi connectivity index (χ4n) is 2.18. The first kappa shape index (κ1) is 26.2. The van der Waals surface area contributed by atoms with Crippen LogP contribution in [0.4, 0.5) is 17.6 Å². The highest BCUT2D eigenvalue weighted by molar-refractivity contribution is 5.72. The maximum absolute atomic E-state index is 12.6. The average Bonchev–Trinajstić information content (AvgIpc) is 2.64. The molecule has 0 atom stereocenters. The van der Waals surface area contributed by atoms with Crippen LogP contribution in [-0.4, -0.2) is 37.5 Å². The van der Waals surface area contributed by atoms with Gasteiger partial charge in [-0.05, 0) is 19.3 Å². The highest BCUT2D eigenvalue weighted by Gasteiger charge is 2.42. The van der Waals surface area contributed by atoms with Gasteiger partial charge in [-0.25, -0.2) is 8.78 Å². The lowest BCUT2D eigenvalue weighted by Crippen LogP contribution is -2.33. The first-order valence-corrected chi connectivity index (χ1v) is 9.72. The second-order valence-corrected chi connectivity index (χ2v) is 6.37. The summed E-state index contributed by atoms with van der Waals surface area (Å²) in [6, 6.07) is 0. The van der Waals surface area contributed by atoms with Crippen molar-refractivity contribution in [3.05, 3.63) is 0 Å². The molecular weight excluding hydrogens is 380 g/mol. The fraction of sp³-hybridized carbons (Fsp3) is 0.800. The van der Waals surface area contributed by atoms with Crippen molar-refractivity contribution in [1.82, 2.24) is 0 Å². The Hall–Kier alpha value is -1.78. The normalized spacial score (nSPS) is 11.1. The Labute approximate surface area is 164 Å². The average molecular weight is 410 g/mol. The number of carbonyl (C=O) groups excluding carboxylic acids is 2. The van der Waals surface area contributed by atoms with Gasteiger partial charge in [0.15, 0.2) is 6.61 Å². The van der Waals surface area contributed by atoms with Crippen molar-refractivity contribution in [2.45, 2.75) is 89.9 Å². The van der Waals surface area contributed by atoms with Crippen LogP contribution in [-0.2, 0) is 19.1 Å². The summed E-state index contributed by atoms with van der Waals surface area (Å²) in [6.07, 6.45) is 3.76. The minimum absolute atomic E-state index is 0.0544. The SMILES string of the molecule is CCC#CCCCCCCCCOC(=O)CCCC(=O)OCC(F)(F)C(F)F. The Morgan fingerprint density at radius 3 is 2.04 bits per heavy atom. The minimum atomic E-state index is -4.36. The van der Waals surface area contributed by atoms with Gasteiger partial charge < -0.3 is 9.47 Å². The maximum atomic E-state index is 12.6. The predicted molar refractivity (Wildman–Crippen MR) is 97.1 cm³/mol. The van der Waals surface area contributed by atoms with Crippen LogP contribution in [0, 0.1) is 11.8 Å². The number of unbranched alkanes of at least 4 members (excludes halogenated alkanes) is 6. The molecule has 0 aliphatic carbocycles. The van der Waals surface area contributed by atoms with Crippen LogP contribution in [0.5, 0.6) is 0 Å². The van der Waals surface area contributed by atoms with Crippen LogP contribution in [0.15, 0.2) is 0 Å². The minimum Gasteiger partial charge on any atom is -0.466 e. The van der Waals surface area contributed by atoms with Crippen molar-refractivity contribution in [2.75, 3.05) is 13.2 Å². The number of ether oxygens (including phenoxy) is 2. The van der Waals surface area contributed by atoms with Gasteiger partial charge in [0.1, 0.15) is 0 Å². The maximum Gasteiger partial charge on any atom is 0.340 e. The van der Waals surface area contributed by atoms with Gasteiger partial charge >= 0.3 is 24.3 Å². The van der Waals surface area contributed by atoms with Crippen LogP contribution in [0.2, 0.25) is 0 Å². The Bertz CT molecular complexity index is 498. The molecule has 0 aliphatic heterocycles. The van der Waals surface area contributed by atoms with E-state index in [2.05, 4.69) is 16.6 Å². The van der Waals surface area contributed by atoms with E-state index in [1.165, 1.54) is 0 Å². The molecular formula is C20H30F4O4. The van der Waals surface area contributed by atoms with E-state index in [1.54, 1.807) is 0 Å². The Morgan fingerprint density at radius 1 is 0.857 bits per heavy atom. The highest BCUT2D eigenvalue weighted by Crippen LogP contribution is 2.23. The van der Waals surface area contributed by atoms with Crippen LogP contribution in [0.1, 0.15) is 77.6 Å². The summed E-state index contributed by atoms with van der Waals surface area (Å²) in [5.74, 6) is 0.237. The van der Waals surface area contributed by atoms with Crippen molar-refractivity contribution in [3.63, 3.8) is 0 Å². The van der Waals surface area contributed by atoms with E-state index in [9.17, 15) is 27.2 Å². The van der Waals surface area contributed by atoms with E-state index in [0.29, 0.717) is 6.61 Å². The van der Waals surface area contributed by atoms with Gasteiger partial charge in [0.25, 0.3) is 0 Å². The standard InChI is InChI=1S/C20H30F4O4/c1-2-3-4-5-6-7-8-9-10-11-15-27-17(25)13-12-14-18(26)28-16-20(23,24)19(21)22/h19H,2,5-16H2,1H3. The van der Waals surface area contributed by atoms with E-state index in [0.717, 1.165) is 51.4 Å². The third kappa shape index (κ3) is 15.3. The smallest absolute Gasteiger partial charge is 0.340 e. The summed E-state index contributed by atoms with van der Waals surface area (Å²) in [5.41, 5.74) is 0. The molecule has 0 aromatic heterocycles. The number of carbonyl (C=O) groups is 2. The molecule has 0 radical (unpaired) electrons. The van der Waals surface area contributed by atoms with Gasteiger partial charge in [0, 0.05) is 25.7 Å². The summed E-state index contributed by atoms with van der Waals surface area (Å²) in [7, 11) is 0. The van der Waals surface area contributed by atoms with Gasteiger partial charge in [-0.3, -0.25) is 9.59 Å². The molecule has 0 spiro atoms. The molecule has 0 amide bonds. The Balaban J connectivity index is 3.52. The topological polar surface area (TPSA) is 52.6 Å². The zero-order valence-electron chi connectivity index (χ0n) is 16.4. The molecule has 0 heterocycles. The summed E-state index contributed by atoms with van der Waals surface area (Å²) in [4.78, 5) is 22.7. The van der Waals surface area contributed by atoms with Crippen molar-refractivity contribution >= 4 is 11.9 Å². The van der Waals surface area contributed by atoms with Crippen LogP contribution in [0.3, 0.4) is 0 Å². The summed E-state index contributed by atoms with van der Waals surface area (Å²) in [6.45, 7) is 0.656. The number of hydrogen-bond donors (Lipinski definition) is 0. The molecule has 0 fully saturated rings. The molecule has 0 N–H and O–H groups in total. The Morgan fingerprint density at radius 2 is 1.43 bits per heavy atom. The molecule has 0 rings (SSSR count). The second kappa shape index (κ2) is 16.2. The number of rotatable bonds is 15. The van der Waals surface area contributed by atoms with Crippen molar-refractivity contribution in [3.8, 4) is 11.8 Å². The third-order valence-corrected chi connectivity index (χ3v) is 3.77. The zero-order chi connectivity index (χ0) is 21.3. The van der Waals surface area contributed by atoms with Gasteiger partial charge in [0.2, 0.25) is 0 Å². The predicted octanol–water partition coefficient (Wildman–Crippen LogP) is 5.29. The second-order valence-electron chi connectivity index (χ2n) is 6.37. The first-order valence-electron chi connectivity index (χ1n) is 9.72. The molecule has 0 aromatic rings. The number of esters is 2. The highest BCUT2D eigenvalue weighted by atomic mass is 19.3.